The Hall–Kier alpha value is -3.42. The fourth-order valence-corrected chi connectivity index (χ4v) is 1.89. The summed E-state index contributed by atoms with van der Waals surface area (Å²) in [5, 5.41) is 17.7. The number of benzene rings is 2. The second-order valence-electron chi connectivity index (χ2n) is 4.76. The van der Waals surface area contributed by atoms with E-state index in [1.165, 1.54) is 24.3 Å². The van der Waals surface area contributed by atoms with Gasteiger partial charge in [-0.1, -0.05) is 30.3 Å². The molecule has 0 spiro atoms. The van der Waals surface area contributed by atoms with Crippen LogP contribution in [-0.2, 0) is 16.0 Å². The van der Waals surface area contributed by atoms with Crippen molar-refractivity contribution in [1.29, 1.82) is 0 Å². The molecule has 2 aromatic rings. The first kappa shape index (κ1) is 16.9. The van der Waals surface area contributed by atoms with E-state index in [1.54, 1.807) is 30.3 Å². The van der Waals surface area contributed by atoms with Crippen molar-refractivity contribution in [1.82, 2.24) is 0 Å². The first-order valence-electron chi connectivity index (χ1n) is 6.88. The number of carbonyl (C=O) groups is 2. The molecule has 0 aliphatic carbocycles. The van der Waals surface area contributed by atoms with Gasteiger partial charge in [0.1, 0.15) is 5.75 Å². The highest BCUT2D eigenvalue weighted by atomic mass is 16.7. The van der Waals surface area contributed by atoms with Gasteiger partial charge in [0.05, 0.1) is 4.92 Å². The van der Waals surface area contributed by atoms with Gasteiger partial charge in [-0.25, -0.2) is 4.79 Å². The zero-order valence-corrected chi connectivity index (χ0v) is 12.4. The van der Waals surface area contributed by atoms with Crippen LogP contribution in [-0.4, -0.2) is 28.3 Å². The smallest absolute Gasteiger partial charge is 0.557 e. The Morgan fingerprint density at radius 1 is 1.08 bits per heavy atom. The molecule has 0 aromatic heterocycles. The monoisotopic (exact) mass is 332 g/mol. The Balaban J connectivity index is 1.97. The Morgan fingerprint density at radius 2 is 1.71 bits per heavy atom. The minimum absolute atomic E-state index is 0.0292. The summed E-state index contributed by atoms with van der Waals surface area (Å²) in [5.74, 6) is -1.03. The SMILES string of the molecule is O=C(Oc1ccc([N+](=O)[O-])cc1)O[C@H](Cc1ccccc1)C(=O)[OH2+]. The van der Waals surface area contributed by atoms with Crippen molar-refractivity contribution in [3.05, 3.63) is 70.3 Å². The van der Waals surface area contributed by atoms with Gasteiger partial charge in [0.15, 0.2) is 0 Å². The predicted octanol–water partition coefficient (Wildman–Crippen LogP) is 1.97. The van der Waals surface area contributed by atoms with Gasteiger partial charge in [-0.05, 0) is 17.7 Å². The molecule has 0 saturated carbocycles. The van der Waals surface area contributed by atoms with Gasteiger partial charge in [0, 0.05) is 23.3 Å². The molecule has 0 aliphatic heterocycles. The first-order chi connectivity index (χ1) is 11.5. The van der Waals surface area contributed by atoms with Crippen LogP contribution >= 0.6 is 0 Å². The number of carbonyl (C=O) groups excluding carboxylic acids is 2. The number of nitro groups is 1. The van der Waals surface area contributed by atoms with Crippen molar-refractivity contribution in [2.75, 3.05) is 0 Å². The van der Waals surface area contributed by atoms with Crippen LogP contribution in [0.4, 0.5) is 10.5 Å². The molecular formula is C16H14NO7+. The quantitative estimate of drug-likeness (QED) is 0.262. The normalized spacial score (nSPS) is 11.3. The number of ether oxygens (including phenoxy) is 2. The molecule has 24 heavy (non-hydrogen) atoms. The second kappa shape index (κ2) is 7.73. The minimum atomic E-state index is -1.29. The van der Waals surface area contributed by atoms with Gasteiger partial charge in [-0.15, -0.1) is 0 Å². The molecule has 0 aliphatic rings. The van der Waals surface area contributed by atoms with Crippen molar-refractivity contribution < 1.29 is 29.1 Å². The summed E-state index contributed by atoms with van der Waals surface area (Å²) in [7, 11) is 0. The lowest BCUT2D eigenvalue weighted by molar-refractivity contribution is -0.384. The molecule has 0 heterocycles. The summed E-state index contributed by atoms with van der Waals surface area (Å²) in [6.45, 7) is 0. The molecule has 0 amide bonds. The van der Waals surface area contributed by atoms with Crippen LogP contribution in [0.25, 0.3) is 0 Å². The summed E-state index contributed by atoms with van der Waals surface area (Å²) >= 11 is 0. The Kier molecular flexibility index (Phi) is 5.45. The Labute approximate surface area is 136 Å². The van der Waals surface area contributed by atoms with E-state index in [2.05, 4.69) is 0 Å². The highest BCUT2D eigenvalue weighted by Crippen LogP contribution is 2.18. The average molecular weight is 332 g/mol. The van der Waals surface area contributed by atoms with Crippen molar-refractivity contribution in [3.8, 4) is 5.75 Å². The molecule has 0 radical (unpaired) electrons. The number of hydrogen-bond acceptors (Lipinski definition) is 6. The van der Waals surface area contributed by atoms with Gasteiger partial charge in [-0.3, -0.25) is 10.1 Å². The molecule has 2 rings (SSSR count). The zero-order valence-electron chi connectivity index (χ0n) is 12.4. The molecule has 1 atom stereocenters. The number of non-ortho nitro benzene ring substituents is 1. The number of nitrogens with zero attached hydrogens (tertiary/aromatic N) is 1. The Morgan fingerprint density at radius 3 is 2.25 bits per heavy atom. The summed E-state index contributed by atoms with van der Waals surface area (Å²) < 4.78 is 9.71. The fraction of sp³-hybridized carbons (Fsp3) is 0.125. The van der Waals surface area contributed by atoms with Crippen molar-refractivity contribution in [2.24, 2.45) is 0 Å². The van der Waals surface area contributed by atoms with Crippen LogP contribution in [0, 0.1) is 10.1 Å². The van der Waals surface area contributed by atoms with E-state index in [4.69, 9.17) is 14.6 Å². The fourth-order valence-electron chi connectivity index (χ4n) is 1.89. The molecule has 0 fully saturated rings. The third kappa shape index (κ3) is 4.80. The van der Waals surface area contributed by atoms with Crippen LogP contribution < -0.4 is 4.74 Å². The predicted molar refractivity (Wildman–Crippen MR) is 82.8 cm³/mol. The van der Waals surface area contributed by atoms with Gasteiger partial charge < -0.3 is 14.6 Å². The number of hydrogen-bond donors (Lipinski definition) is 0. The van der Waals surface area contributed by atoms with Crippen LogP contribution in [0.15, 0.2) is 54.6 Å². The lowest BCUT2D eigenvalue weighted by Gasteiger charge is -2.11. The van der Waals surface area contributed by atoms with Crippen LogP contribution in [0.3, 0.4) is 0 Å². The molecule has 2 aromatic carbocycles. The third-order valence-electron chi connectivity index (χ3n) is 3.04. The average Bonchev–Trinajstić information content (AvgIpc) is 2.55. The molecule has 0 bridgehead atoms. The summed E-state index contributed by atoms with van der Waals surface area (Å²) in [6.07, 6.45) is -2.40. The van der Waals surface area contributed by atoms with Crippen LogP contribution in [0.2, 0.25) is 0 Å². The number of rotatable bonds is 6. The molecule has 124 valence electrons. The summed E-state index contributed by atoms with van der Waals surface area (Å²) in [5.41, 5.74) is 0.574. The molecule has 0 unspecified atom stereocenters. The van der Waals surface area contributed by atoms with E-state index in [9.17, 15) is 19.7 Å². The molecular weight excluding hydrogens is 318 g/mol. The van der Waals surface area contributed by atoms with Gasteiger partial charge in [0.25, 0.3) is 11.8 Å². The largest absolute Gasteiger partial charge is 0.562 e. The highest BCUT2D eigenvalue weighted by Gasteiger charge is 2.30. The van der Waals surface area contributed by atoms with E-state index in [-0.39, 0.29) is 17.9 Å². The van der Waals surface area contributed by atoms with E-state index >= 15 is 0 Å². The van der Waals surface area contributed by atoms with Crippen molar-refractivity contribution in [2.45, 2.75) is 12.5 Å². The highest BCUT2D eigenvalue weighted by molar-refractivity contribution is 5.76. The molecule has 0 saturated heterocycles. The number of nitro benzene ring substituents is 1. The van der Waals surface area contributed by atoms with E-state index in [0.717, 1.165) is 5.56 Å². The maximum Gasteiger partial charge on any atom is 0.557 e. The molecule has 8 nitrogen and oxygen atoms in total. The standard InChI is InChI=1S/C16H13NO7/c18-15(19)14(10-11-4-2-1-3-5-11)24-16(20)23-13-8-6-12(7-9-13)17(21)22/h1-9,14H,10H2,(H,18,19)/p+1/t14-/m1/s1. The molecule has 8 heteroatoms. The summed E-state index contributed by atoms with van der Waals surface area (Å²) in [6, 6.07) is 13.6. The second-order valence-corrected chi connectivity index (χ2v) is 4.76. The van der Waals surface area contributed by atoms with E-state index in [0.29, 0.717) is 0 Å². The third-order valence-corrected chi connectivity index (χ3v) is 3.04. The topological polar surface area (TPSA) is 119 Å². The van der Waals surface area contributed by atoms with E-state index < -0.39 is 23.2 Å². The van der Waals surface area contributed by atoms with Gasteiger partial charge >= 0.3 is 12.1 Å². The van der Waals surface area contributed by atoms with Crippen molar-refractivity contribution >= 4 is 17.8 Å². The minimum Gasteiger partial charge on any atom is -0.562 e. The molecule has 2 N–H and O–H groups in total. The van der Waals surface area contributed by atoms with Gasteiger partial charge in [-0.2, -0.15) is 0 Å². The first-order valence-corrected chi connectivity index (χ1v) is 6.88. The lowest BCUT2D eigenvalue weighted by atomic mass is 10.1. The van der Waals surface area contributed by atoms with Crippen molar-refractivity contribution in [3.63, 3.8) is 0 Å². The summed E-state index contributed by atoms with van der Waals surface area (Å²) in [4.78, 5) is 33.0. The van der Waals surface area contributed by atoms with Crippen LogP contribution in [0.5, 0.6) is 5.75 Å². The van der Waals surface area contributed by atoms with E-state index in [1.807, 2.05) is 0 Å². The van der Waals surface area contributed by atoms with Gasteiger partial charge in [0.2, 0.25) is 0 Å². The Bertz CT molecular complexity index is 728. The lowest BCUT2D eigenvalue weighted by Crippen LogP contribution is -2.30. The zero-order chi connectivity index (χ0) is 17.5. The maximum atomic E-state index is 11.7. The maximum absolute atomic E-state index is 11.7. The van der Waals surface area contributed by atoms with Crippen LogP contribution in [0.1, 0.15) is 5.56 Å².